The van der Waals surface area contributed by atoms with E-state index >= 15 is 0 Å². The summed E-state index contributed by atoms with van der Waals surface area (Å²) in [4.78, 5) is 18.9. The van der Waals surface area contributed by atoms with Gasteiger partial charge in [0, 0.05) is 37.5 Å². The molecule has 2 rings (SSSR count). The number of imidazole rings is 1. The van der Waals surface area contributed by atoms with Crippen molar-refractivity contribution in [3.05, 3.63) is 48.1 Å². The number of amides is 1. The molecule has 0 radical (unpaired) electrons. The van der Waals surface area contributed by atoms with E-state index in [4.69, 9.17) is 4.74 Å². The lowest BCUT2D eigenvalue weighted by Crippen LogP contribution is -2.23. The molecule has 0 spiro atoms. The van der Waals surface area contributed by atoms with Gasteiger partial charge in [0.1, 0.15) is 5.75 Å². The molecule has 1 aromatic heterocycles. The highest BCUT2D eigenvalue weighted by Gasteiger charge is 2.03. The van der Waals surface area contributed by atoms with Crippen molar-refractivity contribution in [1.29, 1.82) is 0 Å². The van der Waals surface area contributed by atoms with E-state index in [-0.39, 0.29) is 5.91 Å². The lowest BCUT2D eigenvalue weighted by molar-refractivity contribution is -0.116. The molecule has 0 saturated carbocycles. The summed E-state index contributed by atoms with van der Waals surface area (Å²) in [5.74, 6) is 0.695. The van der Waals surface area contributed by atoms with Crippen LogP contribution in [0.5, 0.6) is 5.75 Å². The van der Waals surface area contributed by atoms with Crippen LogP contribution in [0.1, 0.15) is 37.4 Å². The topological polar surface area (TPSA) is 79.0 Å². The number of H-pyrrole nitrogens is 1. The summed E-state index contributed by atoms with van der Waals surface area (Å²) in [5.41, 5.74) is 2.90. The number of hydrogen-bond acceptors (Lipinski definition) is 4. The van der Waals surface area contributed by atoms with Crippen molar-refractivity contribution < 1.29 is 9.53 Å². The van der Waals surface area contributed by atoms with Gasteiger partial charge in [0.2, 0.25) is 5.91 Å². The van der Waals surface area contributed by atoms with E-state index in [0.717, 1.165) is 42.1 Å². The van der Waals surface area contributed by atoms with Gasteiger partial charge in [-0.05, 0) is 30.2 Å². The number of aromatic nitrogens is 2. The van der Waals surface area contributed by atoms with E-state index in [0.29, 0.717) is 6.54 Å². The fourth-order valence-corrected chi connectivity index (χ4v) is 2.54. The van der Waals surface area contributed by atoms with Crippen LogP contribution in [0.25, 0.3) is 6.08 Å². The molecule has 1 amide bonds. The standard InChI is InChI=1S/C20H28N4O2/c1-3-4-5-11-22-18-13-16(6-8-19(18)26-2)7-9-20(25)23-12-10-17-14-21-15-24-17/h6-9,13-15,22H,3-5,10-12H2,1-2H3,(H,21,24)(H,23,25). The summed E-state index contributed by atoms with van der Waals surface area (Å²) in [6, 6.07) is 5.85. The third-order valence-electron chi connectivity index (χ3n) is 3.99. The first-order valence-corrected chi connectivity index (χ1v) is 9.08. The average molecular weight is 356 g/mol. The molecule has 3 N–H and O–H groups in total. The van der Waals surface area contributed by atoms with Gasteiger partial charge in [0.25, 0.3) is 0 Å². The molecule has 0 fully saturated rings. The van der Waals surface area contributed by atoms with Crippen molar-refractivity contribution in [3.8, 4) is 5.75 Å². The van der Waals surface area contributed by atoms with Gasteiger partial charge < -0.3 is 20.4 Å². The zero-order chi connectivity index (χ0) is 18.6. The first-order chi connectivity index (χ1) is 12.7. The second-order valence-corrected chi connectivity index (χ2v) is 6.04. The number of ether oxygens (including phenoxy) is 1. The highest BCUT2D eigenvalue weighted by atomic mass is 16.5. The number of carbonyl (C=O) groups is 1. The summed E-state index contributed by atoms with van der Waals surface area (Å²) in [5, 5.41) is 6.27. The molecular weight excluding hydrogens is 328 g/mol. The SMILES string of the molecule is CCCCCNc1cc(C=CC(=O)NCCc2cnc[nH]2)ccc1OC. The highest BCUT2D eigenvalue weighted by Crippen LogP contribution is 2.26. The predicted molar refractivity (Wildman–Crippen MR) is 105 cm³/mol. The van der Waals surface area contributed by atoms with Crippen molar-refractivity contribution in [1.82, 2.24) is 15.3 Å². The lowest BCUT2D eigenvalue weighted by Gasteiger charge is -2.12. The molecule has 140 valence electrons. The zero-order valence-corrected chi connectivity index (χ0v) is 15.5. The Labute approximate surface area is 155 Å². The van der Waals surface area contributed by atoms with Gasteiger partial charge in [-0.15, -0.1) is 0 Å². The van der Waals surface area contributed by atoms with E-state index < -0.39 is 0 Å². The number of carbonyl (C=O) groups excluding carboxylic acids is 1. The summed E-state index contributed by atoms with van der Waals surface area (Å²) < 4.78 is 5.40. The molecule has 0 aliphatic carbocycles. The van der Waals surface area contributed by atoms with Crippen LogP contribution in [0.4, 0.5) is 5.69 Å². The number of hydrogen-bond donors (Lipinski definition) is 3. The summed E-state index contributed by atoms with van der Waals surface area (Å²) in [6.45, 7) is 3.66. The minimum absolute atomic E-state index is 0.113. The van der Waals surface area contributed by atoms with Crippen LogP contribution in [0.15, 0.2) is 36.8 Å². The van der Waals surface area contributed by atoms with Crippen LogP contribution in [0.2, 0.25) is 0 Å². The van der Waals surface area contributed by atoms with E-state index in [2.05, 4.69) is 27.5 Å². The average Bonchev–Trinajstić information content (AvgIpc) is 3.17. The van der Waals surface area contributed by atoms with Crippen molar-refractivity contribution in [2.24, 2.45) is 0 Å². The molecule has 0 atom stereocenters. The molecule has 1 heterocycles. The largest absolute Gasteiger partial charge is 0.495 e. The van der Waals surface area contributed by atoms with Gasteiger partial charge in [-0.25, -0.2) is 4.98 Å². The van der Waals surface area contributed by atoms with Crippen LogP contribution < -0.4 is 15.4 Å². The Morgan fingerprint density at radius 2 is 2.19 bits per heavy atom. The van der Waals surface area contributed by atoms with Crippen molar-refractivity contribution >= 4 is 17.7 Å². The number of methoxy groups -OCH3 is 1. The number of nitrogens with zero attached hydrogens (tertiary/aromatic N) is 1. The number of rotatable bonds is 11. The van der Waals surface area contributed by atoms with Crippen LogP contribution in [-0.2, 0) is 11.2 Å². The third kappa shape index (κ3) is 6.63. The lowest BCUT2D eigenvalue weighted by atomic mass is 10.1. The molecule has 1 aromatic carbocycles. The fraction of sp³-hybridized carbons (Fsp3) is 0.400. The van der Waals surface area contributed by atoms with Gasteiger partial charge in [-0.2, -0.15) is 0 Å². The monoisotopic (exact) mass is 356 g/mol. The molecule has 6 heteroatoms. The van der Waals surface area contributed by atoms with E-state index in [9.17, 15) is 4.79 Å². The first-order valence-electron chi connectivity index (χ1n) is 9.08. The molecule has 0 bridgehead atoms. The van der Waals surface area contributed by atoms with Crippen molar-refractivity contribution in [3.63, 3.8) is 0 Å². The van der Waals surface area contributed by atoms with Crippen LogP contribution in [-0.4, -0.2) is 36.1 Å². The van der Waals surface area contributed by atoms with Gasteiger partial charge in [-0.3, -0.25) is 4.79 Å². The van der Waals surface area contributed by atoms with Gasteiger partial charge in [0.15, 0.2) is 0 Å². The van der Waals surface area contributed by atoms with Crippen molar-refractivity contribution in [2.75, 3.05) is 25.5 Å². The Hall–Kier alpha value is -2.76. The molecule has 0 unspecified atom stereocenters. The minimum Gasteiger partial charge on any atom is -0.495 e. The summed E-state index contributed by atoms with van der Waals surface area (Å²) >= 11 is 0. The van der Waals surface area contributed by atoms with Crippen LogP contribution in [0, 0.1) is 0 Å². The molecule has 0 aliphatic rings. The normalized spacial score (nSPS) is 10.8. The molecule has 26 heavy (non-hydrogen) atoms. The van der Waals surface area contributed by atoms with Crippen molar-refractivity contribution in [2.45, 2.75) is 32.6 Å². The maximum atomic E-state index is 11.9. The molecule has 0 aliphatic heterocycles. The first kappa shape index (κ1) is 19.6. The summed E-state index contributed by atoms with van der Waals surface area (Å²) in [7, 11) is 1.66. The van der Waals surface area contributed by atoms with Crippen LogP contribution in [0.3, 0.4) is 0 Å². The number of benzene rings is 1. The van der Waals surface area contributed by atoms with E-state index in [1.165, 1.54) is 12.8 Å². The van der Waals surface area contributed by atoms with Gasteiger partial charge >= 0.3 is 0 Å². The van der Waals surface area contributed by atoms with E-state index in [1.807, 2.05) is 24.3 Å². The minimum atomic E-state index is -0.113. The Balaban J connectivity index is 1.86. The third-order valence-corrected chi connectivity index (χ3v) is 3.99. The maximum absolute atomic E-state index is 11.9. The zero-order valence-electron chi connectivity index (χ0n) is 15.5. The number of nitrogens with one attached hydrogen (secondary N) is 3. The molecular formula is C20H28N4O2. The van der Waals surface area contributed by atoms with E-state index in [1.54, 1.807) is 25.7 Å². The van der Waals surface area contributed by atoms with Gasteiger partial charge in [-0.1, -0.05) is 25.8 Å². The quantitative estimate of drug-likeness (QED) is 0.426. The number of aromatic amines is 1. The number of anilines is 1. The van der Waals surface area contributed by atoms with Gasteiger partial charge in [0.05, 0.1) is 19.1 Å². The Bertz CT molecular complexity index is 696. The number of unbranched alkanes of at least 4 members (excludes halogenated alkanes) is 2. The predicted octanol–water partition coefficient (Wildman–Crippen LogP) is 3.39. The Morgan fingerprint density at radius 1 is 1.31 bits per heavy atom. The second-order valence-electron chi connectivity index (χ2n) is 6.04. The molecule has 6 nitrogen and oxygen atoms in total. The fourth-order valence-electron chi connectivity index (χ4n) is 2.54. The molecule has 0 saturated heterocycles. The summed E-state index contributed by atoms with van der Waals surface area (Å²) in [6.07, 6.45) is 11.0. The highest BCUT2D eigenvalue weighted by molar-refractivity contribution is 5.91. The van der Waals surface area contributed by atoms with Crippen LogP contribution >= 0.6 is 0 Å². The Morgan fingerprint density at radius 3 is 2.92 bits per heavy atom. The Kier molecular flexibility index (Phi) is 8.26. The maximum Gasteiger partial charge on any atom is 0.244 e. The smallest absolute Gasteiger partial charge is 0.244 e. The molecule has 2 aromatic rings. The second kappa shape index (κ2) is 11.0.